The number of carbonyl (C=O) groups excluding carboxylic acids is 1. The lowest BCUT2D eigenvalue weighted by molar-refractivity contribution is -0.136. The molecule has 3 aliphatic rings. The monoisotopic (exact) mass is 314 g/mol. The molecule has 0 aromatic heterocycles. The summed E-state index contributed by atoms with van der Waals surface area (Å²) in [5.41, 5.74) is 6.17. The maximum Gasteiger partial charge on any atom is 0.223 e. The summed E-state index contributed by atoms with van der Waals surface area (Å²) in [6, 6.07) is 0.565. The number of carbonyl (C=O) groups is 1. The topological polar surface area (TPSA) is 46.3 Å². The van der Waals surface area contributed by atoms with E-state index in [1.54, 1.807) is 0 Å². The van der Waals surface area contributed by atoms with E-state index >= 15 is 0 Å². The molecule has 0 aromatic rings. The van der Waals surface area contributed by atoms with E-state index in [1.165, 1.54) is 51.4 Å². The highest BCUT2D eigenvalue weighted by molar-refractivity contribution is 5.85. The van der Waals surface area contributed by atoms with Crippen molar-refractivity contribution in [1.82, 2.24) is 4.90 Å². The maximum absolute atomic E-state index is 12.8. The van der Waals surface area contributed by atoms with Crippen LogP contribution in [-0.2, 0) is 4.79 Å². The van der Waals surface area contributed by atoms with Crippen LogP contribution in [0.3, 0.4) is 0 Å². The van der Waals surface area contributed by atoms with Crippen molar-refractivity contribution in [2.75, 3.05) is 13.1 Å². The Bertz CT molecular complexity index is 351. The molecular weight excluding hydrogens is 284 g/mol. The fourth-order valence-electron chi connectivity index (χ4n) is 4.59. The molecule has 0 spiro atoms. The Kier molecular flexibility index (Phi) is 5.96. The summed E-state index contributed by atoms with van der Waals surface area (Å²) in [6.07, 6.45) is 13.4. The van der Waals surface area contributed by atoms with Gasteiger partial charge in [-0.3, -0.25) is 4.79 Å². The first kappa shape index (κ1) is 17.1. The Labute approximate surface area is 135 Å². The number of nitrogens with two attached hydrogens (primary N) is 1. The molecule has 2 aliphatic carbocycles. The molecule has 3 nitrogen and oxygen atoms in total. The molecule has 3 fully saturated rings. The fraction of sp³-hybridized carbons (Fsp3) is 0.941. The molecule has 1 unspecified atom stereocenters. The molecule has 0 bridgehead atoms. The standard InChI is InChI=1S/C17H30N2O.ClH/c18-13-17(9-2-1-3-10-17)12-16(20)19-11-5-8-15(19)14-6-4-7-14;/h14-15H,1-13,18H2;1H. The number of hydrogen-bond acceptors (Lipinski definition) is 2. The number of rotatable bonds is 4. The zero-order valence-electron chi connectivity index (χ0n) is 13.2. The van der Waals surface area contributed by atoms with Crippen LogP contribution in [0, 0.1) is 11.3 Å². The van der Waals surface area contributed by atoms with Gasteiger partial charge in [0, 0.05) is 19.0 Å². The molecule has 4 heteroatoms. The van der Waals surface area contributed by atoms with Gasteiger partial charge in [-0.25, -0.2) is 0 Å². The van der Waals surface area contributed by atoms with E-state index in [0.29, 0.717) is 24.9 Å². The number of amides is 1. The first-order valence-corrected chi connectivity index (χ1v) is 8.74. The van der Waals surface area contributed by atoms with Crippen LogP contribution in [0.25, 0.3) is 0 Å². The molecule has 21 heavy (non-hydrogen) atoms. The minimum Gasteiger partial charge on any atom is -0.339 e. The molecule has 1 amide bonds. The SMILES string of the molecule is Cl.NCC1(CC(=O)N2CCCC2C2CCC2)CCCCC1. The number of nitrogens with zero attached hydrogens (tertiary/aromatic N) is 1. The molecule has 1 atom stereocenters. The first-order valence-electron chi connectivity index (χ1n) is 8.74. The molecule has 1 saturated heterocycles. The molecule has 122 valence electrons. The molecule has 3 rings (SSSR count). The van der Waals surface area contributed by atoms with E-state index in [1.807, 2.05) is 0 Å². The average Bonchev–Trinajstić information content (AvgIpc) is 2.87. The Morgan fingerprint density at radius 1 is 1.05 bits per heavy atom. The Balaban J connectivity index is 0.00000161. The van der Waals surface area contributed by atoms with Crippen LogP contribution in [0.2, 0.25) is 0 Å². The van der Waals surface area contributed by atoms with Gasteiger partial charge < -0.3 is 10.6 Å². The third-order valence-electron chi connectivity index (χ3n) is 6.19. The van der Waals surface area contributed by atoms with Gasteiger partial charge in [-0.2, -0.15) is 0 Å². The van der Waals surface area contributed by atoms with Crippen molar-refractivity contribution in [2.24, 2.45) is 17.1 Å². The summed E-state index contributed by atoms with van der Waals surface area (Å²) < 4.78 is 0. The van der Waals surface area contributed by atoms with Crippen molar-refractivity contribution in [3.05, 3.63) is 0 Å². The van der Waals surface area contributed by atoms with Crippen LogP contribution in [-0.4, -0.2) is 29.9 Å². The summed E-state index contributed by atoms with van der Waals surface area (Å²) in [6.45, 7) is 1.70. The zero-order chi connectivity index (χ0) is 14.0. The molecule has 1 aliphatic heterocycles. The van der Waals surface area contributed by atoms with Crippen molar-refractivity contribution in [2.45, 2.75) is 76.7 Å². The molecule has 1 heterocycles. The summed E-state index contributed by atoms with van der Waals surface area (Å²) >= 11 is 0. The van der Waals surface area contributed by atoms with E-state index in [9.17, 15) is 4.79 Å². The van der Waals surface area contributed by atoms with Crippen LogP contribution >= 0.6 is 12.4 Å². The minimum atomic E-state index is 0. The van der Waals surface area contributed by atoms with Crippen molar-refractivity contribution in [1.29, 1.82) is 0 Å². The smallest absolute Gasteiger partial charge is 0.223 e. The van der Waals surface area contributed by atoms with Crippen LogP contribution in [0.4, 0.5) is 0 Å². The van der Waals surface area contributed by atoms with Gasteiger partial charge in [0.2, 0.25) is 5.91 Å². The van der Waals surface area contributed by atoms with Gasteiger partial charge in [0.15, 0.2) is 0 Å². The van der Waals surface area contributed by atoms with Gasteiger partial charge in [-0.1, -0.05) is 25.7 Å². The van der Waals surface area contributed by atoms with Crippen molar-refractivity contribution < 1.29 is 4.79 Å². The third kappa shape index (κ3) is 3.56. The lowest BCUT2D eigenvalue weighted by Crippen LogP contribution is -2.45. The second kappa shape index (κ2) is 7.32. The predicted molar refractivity (Wildman–Crippen MR) is 88.5 cm³/mol. The predicted octanol–water partition coefficient (Wildman–Crippen LogP) is 3.50. The number of hydrogen-bond donors (Lipinski definition) is 1. The number of likely N-dealkylation sites (tertiary alicyclic amines) is 1. The van der Waals surface area contributed by atoms with Crippen LogP contribution in [0.15, 0.2) is 0 Å². The first-order chi connectivity index (χ1) is 9.74. The van der Waals surface area contributed by atoms with Gasteiger partial charge in [-0.05, 0) is 56.4 Å². The van der Waals surface area contributed by atoms with Crippen molar-refractivity contribution in [3.8, 4) is 0 Å². The normalized spacial score (nSPS) is 28.8. The number of halogens is 1. The van der Waals surface area contributed by atoms with E-state index in [4.69, 9.17) is 5.73 Å². The van der Waals surface area contributed by atoms with E-state index in [2.05, 4.69) is 4.90 Å². The Hall–Kier alpha value is -0.280. The second-order valence-corrected chi connectivity index (χ2v) is 7.43. The maximum atomic E-state index is 12.8. The van der Waals surface area contributed by atoms with E-state index < -0.39 is 0 Å². The van der Waals surface area contributed by atoms with Crippen LogP contribution in [0.5, 0.6) is 0 Å². The zero-order valence-corrected chi connectivity index (χ0v) is 14.0. The van der Waals surface area contributed by atoms with Crippen molar-refractivity contribution >= 4 is 18.3 Å². The van der Waals surface area contributed by atoms with Gasteiger partial charge in [0.1, 0.15) is 0 Å². The van der Waals surface area contributed by atoms with Crippen LogP contribution < -0.4 is 5.73 Å². The molecule has 2 saturated carbocycles. The lowest BCUT2D eigenvalue weighted by Gasteiger charge is -2.40. The lowest BCUT2D eigenvalue weighted by atomic mass is 9.71. The molecule has 2 N–H and O–H groups in total. The summed E-state index contributed by atoms with van der Waals surface area (Å²) in [7, 11) is 0. The quantitative estimate of drug-likeness (QED) is 0.863. The summed E-state index contributed by atoms with van der Waals surface area (Å²) in [5.74, 6) is 1.22. The summed E-state index contributed by atoms with van der Waals surface area (Å²) in [5, 5.41) is 0. The van der Waals surface area contributed by atoms with E-state index in [0.717, 1.165) is 25.3 Å². The minimum absolute atomic E-state index is 0. The fourth-order valence-corrected chi connectivity index (χ4v) is 4.59. The summed E-state index contributed by atoms with van der Waals surface area (Å²) in [4.78, 5) is 15.0. The van der Waals surface area contributed by atoms with Gasteiger partial charge in [-0.15, -0.1) is 12.4 Å². The highest BCUT2D eigenvalue weighted by atomic mass is 35.5. The van der Waals surface area contributed by atoms with Gasteiger partial charge >= 0.3 is 0 Å². The third-order valence-corrected chi connectivity index (χ3v) is 6.19. The Morgan fingerprint density at radius 3 is 2.33 bits per heavy atom. The second-order valence-electron chi connectivity index (χ2n) is 7.43. The van der Waals surface area contributed by atoms with Crippen molar-refractivity contribution in [3.63, 3.8) is 0 Å². The molecular formula is C17H31ClN2O. The average molecular weight is 315 g/mol. The van der Waals surface area contributed by atoms with Gasteiger partial charge in [0.25, 0.3) is 0 Å². The van der Waals surface area contributed by atoms with E-state index in [-0.39, 0.29) is 17.8 Å². The molecule has 0 radical (unpaired) electrons. The molecule has 0 aromatic carbocycles. The Morgan fingerprint density at radius 2 is 1.76 bits per heavy atom. The largest absolute Gasteiger partial charge is 0.339 e. The highest BCUT2D eigenvalue weighted by Gasteiger charge is 2.40. The highest BCUT2D eigenvalue weighted by Crippen LogP contribution is 2.41. The van der Waals surface area contributed by atoms with Crippen LogP contribution in [0.1, 0.15) is 70.6 Å². The van der Waals surface area contributed by atoms with Gasteiger partial charge in [0.05, 0.1) is 0 Å².